The molecular formula is C60H37NOS. The van der Waals surface area contributed by atoms with Crippen LogP contribution in [0.5, 0.6) is 11.5 Å². The van der Waals surface area contributed by atoms with E-state index in [4.69, 9.17) is 4.74 Å². The lowest BCUT2D eigenvalue weighted by atomic mass is 9.92. The average molecular weight is 820 g/mol. The summed E-state index contributed by atoms with van der Waals surface area (Å²) in [5.74, 6) is 1.66. The van der Waals surface area contributed by atoms with Gasteiger partial charge in [-0.3, -0.25) is 0 Å². The summed E-state index contributed by atoms with van der Waals surface area (Å²) in [4.78, 5) is 2.37. The van der Waals surface area contributed by atoms with Gasteiger partial charge in [-0.15, -0.1) is 11.3 Å². The molecule has 0 saturated heterocycles. The highest BCUT2D eigenvalue weighted by Crippen LogP contribution is 2.53. The highest BCUT2D eigenvalue weighted by Gasteiger charge is 2.26. The van der Waals surface area contributed by atoms with E-state index in [9.17, 15) is 0 Å². The Morgan fingerprint density at radius 1 is 0.302 bits per heavy atom. The van der Waals surface area contributed by atoms with Gasteiger partial charge in [-0.25, -0.2) is 0 Å². The molecule has 0 amide bonds. The Morgan fingerprint density at radius 3 is 1.54 bits per heavy atom. The number of thiophene rings is 1. The van der Waals surface area contributed by atoms with E-state index in [0.29, 0.717) is 0 Å². The van der Waals surface area contributed by atoms with Gasteiger partial charge in [0.05, 0.1) is 5.69 Å². The quantitative estimate of drug-likeness (QED) is 0.176. The van der Waals surface area contributed by atoms with E-state index in [0.717, 1.165) is 56.2 Å². The van der Waals surface area contributed by atoms with E-state index < -0.39 is 0 Å². The van der Waals surface area contributed by atoms with Crippen molar-refractivity contribution < 1.29 is 4.74 Å². The molecule has 3 heteroatoms. The van der Waals surface area contributed by atoms with E-state index in [-0.39, 0.29) is 0 Å². The first-order valence-electron chi connectivity index (χ1n) is 21.5. The molecule has 12 aromatic rings. The molecule has 0 fully saturated rings. The van der Waals surface area contributed by atoms with Gasteiger partial charge in [0.1, 0.15) is 5.75 Å². The van der Waals surface area contributed by atoms with Crippen molar-refractivity contribution in [3.63, 3.8) is 0 Å². The number of hydrogen-bond donors (Lipinski definition) is 0. The Balaban J connectivity index is 1.20. The lowest BCUT2D eigenvalue weighted by molar-refractivity contribution is 0.489. The average Bonchev–Trinajstić information content (AvgIpc) is 3.66. The van der Waals surface area contributed by atoms with Crippen molar-refractivity contribution in [3.05, 3.63) is 224 Å². The molecular weight excluding hydrogens is 783 g/mol. The summed E-state index contributed by atoms with van der Waals surface area (Å²) in [5.41, 5.74) is 7.48. The van der Waals surface area contributed by atoms with Gasteiger partial charge in [-0.05, 0) is 114 Å². The van der Waals surface area contributed by atoms with Gasteiger partial charge in [-0.1, -0.05) is 176 Å². The number of hydrogen-bond acceptors (Lipinski definition) is 3. The molecule has 1 aliphatic rings. The molecule has 2 nitrogen and oxygen atoms in total. The van der Waals surface area contributed by atoms with E-state index >= 15 is 0 Å². The maximum atomic E-state index is 7.12. The maximum absolute atomic E-state index is 7.12. The molecule has 294 valence electrons. The van der Waals surface area contributed by atoms with Crippen LogP contribution in [0.2, 0.25) is 0 Å². The highest BCUT2D eigenvalue weighted by molar-refractivity contribution is 7.26. The molecule has 0 radical (unpaired) electrons. The third-order valence-electron chi connectivity index (χ3n) is 12.9. The largest absolute Gasteiger partial charge is 0.454 e. The van der Waals surface area contributed by atoms with Gasteiger partial charge in [0.25, 0.3) is 0 Å². The number of fused-ring (bicyclic) bond motifs is 19. The van der Waals surface area contributed by atoms with E-state index in [1.807, 2.05) is 11.3 Å². The number of nitrogens with zero attached hydrogens (tertiary/aromatic N) is 1. The smallest absolute Gasteiger partial charge is 0.159 e. The molecule has 0 N–H and O–H groups in total. The summed E-state index contributed by atoms with van der Waals surface area (Å²) >= 11 is 1.87. The molecule has 11 aromatic carbocycles. The molecule has 0 bridgehead atoms. The molecule has 0 unspecified atom stereocenters. The second-order valence-electron chi connectivity index (χ2n) is 16.3. The monoisotopic (exact) mass is 819 g/mol. The standard InChI is InChI=1S/C60H37NOS/c1-2-17-38(18-3-1)61(54-30-16-29-51-45-24-8-7-22-43(45)48-26-12-14-31-55(48)62-60(51)54)39-33-34-47-50-35-36-57-59(52-28-13-15-32-56(52)63-57)58(50)49-27-11-10-23-44(49)41-20-5-4-19-40(41)42-21-6-9-25-46(42)53(47)37-39/h1-37H. The molecule has 0 saturated carbocycles. The lowest BCUT2D eigenvalue weighted by Crippen LogP contribution is -2.11. The van der Waals surface area contributed by atoms with Crippen LogP contribution in [0.3, 0.4) is 0 Å². The van der Waals surface area contributed by atoms with Gasteiger partial charge in [0, 0.05) is 42.7 Å². The van der Waals surface area contributed by atoms with Crippen LogP contribution < -0.4 is 9.64 Å². The molecule has 1 aromatic heterocycles. The van der Waals surface area contributed by atoms with E-state index in [1.165, 1.54) is 68.6 Å². The third-order valence-corrected chi connectivity index (χ3v) is 14.0. The number of rotatable bonds is 3. The Bertz CT molecular complexity index is 3900. The Labute approximate surface area is 368 Å². The minimum Gasteiger partial charge on any atom is -0.454 e. The molecule has 0 aliphatic carbocycles. The Morgan fingerprint density at radius 2 is 0.810 bits per heavy atom. The summed E-state index contributed by atoms with van der Waals surface area (Å²) in [6.07, 6.45) is 0. The third kappa shape index (κ3) is 5.57. The van der Waals surface area contributed by atoms with Gasteiger partial charge < -0.3 is 9.64 Å². The van der Waals surface area contributed by atoms with Crippen molar-refractivity contribution >= 4 is 102 Å². The molecule has 0 spiro atoms. The highest BCUT2D eigenvalue weighted by atomic mass is 32.1. The number of anilines is 3. The van der Waals surface area contributed by atoms with Gasteiger partial charge in [-0.2, -0.15) is 0 Å². The second kappa shape index (κ2) is 14.3. The van der Waals surface area contributed by atoms with Crippen LogP contribution in [0, 0.1) is 0 Å². The molecule has 2 heterocycles. The van der Waals surface area contributed by atoms with Crippen molar-refractivity contribution in [2.45, 2.75) is 0 Å². The van der Waals surface area contributed by atoms with Crippen molar-refractivity contribution in [1.29, 1.82) is 0 Å². The van der Waals surface area contributed by atoms with Crippen molar-refractivity contribution in [1.82, 2.24) is 0 Å². The first-order valence-corrected chi connectivity index (χ1v) is 22.3. The Kier molecular flexibility index (Phi) is 8.12. The number of ether oxygens (including phenoxy) is 1. The molecule has 1 aliphatic heterocycles. The lowest BCUT2D eigenvalue weighted by Gasteiger charge is -2.28. The summed E-state index contributed by atoms with van der Waals surface area (Å²) in [7, 11) is 0. The Hall–Kier alpha value is -7.98. The van der Waals surface area contributed by atoms with E-state index in [2.05, 4.69) is 229 Å². The maximum Gasteiger partial charge on any atom is 0.159 e. The fourth-order valence-electron chi connectivity index (χ4n) is 10.2. The number of benzene rings is 10. The van der Waals surface area contributed by atoms with Crippen LogP contribution in [-0.4, -0.2) is 0 Å². The SMILES string of the molecule is c1ccc(N(c2ccc3c(c2)c2ccccc2c2ccccc2c2ccccc2c2c3ccc3sc4ccccc4c32)c2cccc3c2Oc2ccccc2-c2ccccc2-3)cc1. The molecule has 13 rings (SSSR count). The van der Waals surface area contributed by atoms with E-state index in [1.54, 1.807) is 0 Å². The topological polar surface area (TPSA) is 12.5 Å². The number of para-hydroxylation sites is 3. The first-order chi connectivity index (χ1) is 31.3. The summed E-state index contributed by atoms with van der Waals surface area (Å²) < 4.78 is 9.71. The first kappa shape index (κ1) is 35.7. The summed E-state index contributed by atoms with van der Waals surface area (Å²) in [5, 5.41) is 14.7. The van der Waals surface area contributed by atoms with Gasteiger partial charge in [0.15, 0.2) is 5.75 Å². The van der Waals surface area contributed by atoms with Crippen LogP contribution in [-0.2, 0) is 0 Å². The van der Waals surface area contributed by atoms with Crippen molar-refractivity contribution in [2.75, 3.05) is 4.90 Å². The summed E-state index contributed by atoms with van der Waals surface area (Å²) in [6.45, 7) is 0. The zero-order valence-electron chi connectivity index (χ0n) is 34.1. The van der Waals surface area contributed by atoms with Crippen LogP contribution in [0.4, 0.5) is 17.1 Å². The van der Waals surface area contributed by atoms with Crippen LogP contribution in [0.1, 0.15) is 0 Å². The zero-order chi connectivity index (χ0) is 41.4. The van der Waals surface area contributed by atoms with Crippen LogP contribution >= 0.6 is 11.3 Å². The summed E-state index contributed by atoms with van der Waals surface area (Å²) in [6, 6.07) is 81.9. The zero-order valence-corrected chi connectivity index (χ0v) is 34.9. The van der Waals surface area contributed by atoms with Crippen LogP contribution in [0.15, 0.2) is 224 Å². The second-order valence-corrected chi connectivity index (χ2v) is 17.4. The van der Waals surface area contributed by atoms with Crippen molar-refractivity contribution in [3.8, 4) is 33.8 Å². The fraction of sp³-hybridized carbons (Fsp3) is 0. The minimum absolute atomic E-state index is 0.821. The molecule has 63 heavy (non-hydrogen) atoms. The van der Waals surface area contributed by atoms with Crippen molar-refractivity contribution in [2.24, 2.45) is 0 Å². The fourth-order valence-corrected chi connectivity index (χ4v) is 11.3. The van der Waals surface area contributed by atoms with Crippen LogP contribution in [0.25, 0.3) is 96.3 Å². The predicted molar refractivity (Wildman–Crippen MR) is 270 cm³/mol. The normalized spacial score (nSPS) is 11.9. The minimum atomic E-state index is 0.821. The van der Waals surface area contributed by atoms with Gasteiger partial charge >= 0.3 is 0 Å². The van der Waals surface area contributed by atoms with Gasteiger partial charge in [0.2, 0.25) is 0 Å². The predicted octanol–water partition coefficient (Wildman–Crippen LogP) is 17.9. The molecule has 0 atom stereocenters.